The molecule has 0 saturated heterocycles. The summed E-state index contributed by atoms with van der Waals surface area (Å²) in [6.45, 7) is 3.71. The van der Waals surface area contributed by atoms with Gasteiger partial charge in [-0.2, -0.15) is 0 Å². The molecule has 2 N–H and O–H groups in total. The Kier molecular flexibility index (Phi) is 4.32. The molecule has 0 rings (SSSR count). The van der Waals surface area contributed by atoms with Crippen molar-refractivity contribution in [3.8, 4) is 12.3 Å². The van der Waals surface area contributed by atoms with Crippen LogP contribution in [-0.2, 0) is 9.53 Å². The van der Waals surface area contributed by atoms with E-state index in [2.05, 4.69) is 5.92 Å². The number of ether oxygens (including phenoxy) is 1. The quantitative estimate of drug-likeness (QED) is 0.470. The van der Waals surface area contributed by atoms with Crippen molar-refractivity contribution < 1.29 is 9.53 Å². The van der Waals surface area contributed by atoms with E-state index < -0.39 is 12.0 Å². The lowest BCUT2D eigenvalue weighted by molar-refractivity contribution is -0.148. The molecule has 3 heteroatoms. The SMILES string of the molecule is C#CC(N)C(=O)OC(C)CC. The predicted molar refractivity (Wildman–Crippen MR) is 42.7 cm³/mol. The van der Waals surface area contributed by atoms with Crippen molar-refractivity contribution in [2.45, 2.75) is 32.4 Å². The summed E-state index contributed by atoms with van der Waals surface area (Å²) in [7, 11) is 0. The lowest BCUT2D eigenvalue weighted by atomic mass is 10.3. The lowest BCUT2D eigenvalue weighted by Gasteiger charge is -2.11. The van der Waals surface area contributed by atoms with E-state index >= 15 is 0 Å². The Hall–Kier alpha value is -1.01. The highest BCUT2D eigenvalue weighted by Crippen LogP contribution is 1.97. The highest BCUT2D eigenvalue weighted by Gasteiger charge is 2.13. The fourth-order valence-corrected chi connectivity index (χ4v) is 0.423. The van der Waals surface area contributed by atoms with Gasteiger partial charge in [0.25, 0.3) is 0 Å². The van der Waals surface area contributed by atoms with Crippen LogP contribution in [-0.4, -0.2) is 18.1 Å². The van der Waals surface area contributed by atoms with Gasteiger partial charge in [0.15, 0.2) is 6.04 Å². The second-order valence-electron chi connectivity index (χ2n) is 2.30. The van der Waals surface area contributed by atoms with Crippen LogP contribution in [0.3, 0.4) is 0 Å². The number of terminal acetylenes is 1. The normalized spacial score (nSPS) is 14.7. The molecule has 0 heterocycles. The minimum absolute atomic E-state index is 0.109. The zero-order valence-corrected chi connectivity index (χ0v) is 6.83. The van der Waals surface area contributed by atoms with Crippen molar-refractivity contribution in [1.82, 2.24) is 0 Å². The monoisotopic (exact) mass is 155 g/mol. The molecular weight excluding hydrogens is 142 g/mol. The lowest BCUT2D eigenvalue weighted by Crippen LogP contribution is -2.32. The summed E-state index contributed by atoms with van der Waals surface area (Å²) in [6.07, 6.45) is 5.57. The molecule has 11 heavy (non-hydrogen) atoms. The van der Waals surface area contributed by atoms with Crippen LogP contribution in [0.15, 0.2) is 0 Å². The van der Waals surface area contributed by atoms with E-state index in [0.717, 1.165) is 6.42 Å². The first-order valence-corrected chi connectivity index (χ1v) is 3.54. The number of esters is 1. The Bertz CT molecular complexity index is 171. The highest BCUT2D eigenvalue weighted by atomic mass is 16.5. The second kappa shape index (κ2) is 4.75. The molecule has 0 aromatic carbocycles. The van der Waals surface area contributed by atoms with Crippen LogP contribution in [0.25, 0.3) is 0 Å². The molecule has 0 radical (unpaired) electrons. The van der Waals surface area contributed by atoms with Gasteiger partial charge in [-0.15, -0.1) is 6.42 Å². The summed E-state index contributed by atoms with van der Waals surface area (Å²) in [5, 5.41) is 0. The summed E-state index contributed by atoms with van der Waals surface area (Å²) in [5.41, 5.74) is 5.21. The van der Waals surface area contributed by atoms with Crippen LogP contribution in [0, 0.1) is 12.3 Å². The van der Waals surface area contributed by atoms with Crippen LogP contribution in [0.5, 0.6) is 0 Å². The van der Waals surface area contributed by atoms with Gasteiger partial charge in [-0.3, -0.25) is 0 Å². The Balaban J connectivity index is 3.80. The third kappa shape index (κ3) is 3.64. The summed E-state index contributed by atoms with van der Waals surface area (Å²) < 4.78 is 4.85. The number of rotatable bonds is 3. The molecule has 0 aromatic rings. The van der Waals surface area contributed by atoms with Gasteiger partial charge in [0, 0.05) is 0 Å². The number of nitrogens with two attached hydrogens (primary N) is 1. The van der Waals surface area contributed by atoms with E-state index in [0.29, 0.717) is 0 Å². The Morgan fingerprint density at radius 3 is 2.73 bits per heavy atom. The Morgan fingerprint density at radius 2 is 2.36 bits per heavy atom. The maximum Gasteiger partial charge on any atom is 0.335 e. The average molecular weight is 155 g/mol. The fourth-order valence-electron chi connectivity index (χ4n) is 0.423. The van der Waals surface area contributed by atoms with Crippen molar-refractivity contribution in [2.75, 3.05) is 0 Å². The standard InChI is InChI=1S/C8H13NO2/c1-4-6(3)11-8(10)7(9)5-2/h2,6-7H,4,9H2,1,3H3. The maximum atomic E-state index is 10.9. The third-order valence-electron chi connectivity index (χ3n) is 1.33. The van der Waals surface area contributed by atoms with Crippen molar-refractivity contribution in [2.24, 2.45) is 5.73 Å². The van der Waals surface area contributed by atoms with Crippen molar-refractivity contribution in [3.63, 3.8) is 0 Å². The summed E-state index contributed by atoms with van der Waals surface area (Å²) in [5.74, 6) is 1.57. The second-order valence-corrected chi connectivity index (χ2v) is 2.30. The average Bonchev–Trinajstić information content (AvgIpc) is 2.02. The largest absolute Gasteiger partial charge is 0.461 e. The zero-order valence-electron chi connectivity index (χ0n) is 6.83. The van der Waals surface area contributed by atoms with Crippen LogP contribution < -0.4 is 5.73 Å². The molecule has 62 valence electrons. The fraction of sp³-hybridized carbons (Fsp3) is 0.625. The topological polar surface area (TPSA) is 52.3 Å². The third-order valence-corrected chi connectivity index (χ3v) is 1.33. The Morgan fingerprint density at radius 1 is 1.82 bits per heavy atom. The summed E-state index contributed by atoms with van der Waals surface area (Å²) in [6, 6.07) is -0.927. The van der Waals surface area contributed by atoms with Crippen molar-refractivity contribution in [1.29, 1.82) is 0 Å². The number of hydrogen-bond donors (Lipinski definition) is 1. The van der Waals surface area contributed by atoms with E-state index in [9.17, 15) is 4.79 Å². The van der Waals surface area contributed by atoms with Gasteiger partial charge < -0.3 is 10.5 Å². The van der Waals surface area contributed by atoms with Crippen LogP contribution in [0.1, 0.15) is 20.3 Å². The molecule has 3 nitrogen and oxygen atoms in total. The van der Waals surface area contributed by atoms with Crippen LogP contribution in [0.2, 0.25) is 0 Å². The van der Waals surface area contributed by atoms with Crippen LogP contribution >= 0.6 is 0 Å². The Labute approximate surface area is 66.9 Å². The van der Waals surface area contributed by atoms with Gasteiger partial charge >= 0.3 is 5.97 Å². The van der Waals surface area contributed by atoms with Crippen molar-refractivity contribution >= 4 is 5.97 Å². The molecule has 0 saturated carbocycles. The molecule has 0 spiro atoms. The zero-order chi connectivity index (χ0) is 8.85. The molecule has 0 amide bonds. The van der Waals surface area contributed by atoms with Gasteiger partial charge in [-0.25, -0.2) is 4.79 Å². The summed E-state index contributed by atoms with van der Waals surface area (Å²) >= 11 is 0. The van der Waals surface area contributed by atoms with E-state index in [-0.39, 0.29) is 6.10 Å². The van der Waals surface area contributed by atoms with Gasteiger partial charge in [-0.05, 0) is 13.3 Å². The van der Waals surface area contributed by atoms with Crippen molar-refractivity contribution in [3.05, 3.63) is 0 Å². The number of carbonyl (C=O) groups excluding carboxylic acids is 1. The van der Waals surface area contributed by atoms with E-state index in [4.69, 9.17) is 16.9 Å². The first-order chi connectivity index (χ1) is 5.11. The number of carbonyl (C=O) groups is 1. The highest BCUT2D eigenvalue weighted by molar-refractivity contribution is 5.79. The molecule has 0 aliphatic heterocycles. The minimum atomic E-state index is -0.927. The minimum Gasteiger partial charge on any atom is -0.461 e. The van der Waals surface area contributed by atoms with E-state index in [1.807, 2.05) is 6.92 Å². The molecule has 0 fully saturated rings. The first kappa shape index (κ1) is 9.99. The summed E-state index contributed by atoms with van der Waals surface area (Å²) in [4.78, 5) is 10.9. The molecule has 2 unspecified atom stereocenters. The molecule has 0 bridgehead atoms. The van der Waals surface area contributed by atoms with Gasteiger partial charge in [0.05, 0.1) is 6.10 Å². The van der Waals surface area contributed by atoms with E-state index in [1.165, 1.54) is 0 Å². The molecular formula is C8H13NO2. The molecule has 0 aliphatic carbocycles. The molecule has 0 aliphatic rings. The smallest absolute Gasteiger partial charge is 0.335 e. The number of hydrogen-bond acceptors (Lipinski definition) is 3. The predicted octanol–water partition coefficient (Wildman–Crippen LogP) is 0.289. The molecule has 0 aromatic heterocycles. The molecule has 2 atom stereocenters. The first-order valence-electron chi connectivity index (χ1n) is 3.54. The maximum absolute atomic E-state index is 10.9. The van der Waals surface area contributed by atoms with Gasteiger partial charge in [0.1, 0.15) is 0 Å². The van der Waals surface area contributed by atoms with Gasteiger partial charge in [0.2, 0.25) is 0 Å². The van der Waals surface area contributed by atoms with E-state index in [1.54, 1.807) is 6.92 Å². The van der Waals surface area contributed by atoms with Crippen LogP contribution in [0.4, 0.5) is 0 Å². The van der Waals surface area contributed by atoms with Gasteiger partial charge in [-0.1, -0.05) is 12.8 Å².